The van der Waals surface area contributed by atoms with Crippen molar-refractivity contribution < 1.29 is 9.90 Å². The smallest absolute Gasteiger partial charge is 0.224 e. The van der Waals surface area contributed by atoms with Gasteiger partial charge < -0.3 is 15.7 Å². The molecule has 100 valence electrons. The van der Waals surface area contributed by atoms with Crippen LogP contribution in [-0.4, -0.2) is 41.1 Å². The number of aliphatic hydroxyl groups excluding tert-OH is 1. The third kappa shape index (κ3) is 4.64. The van der Waals surface area contributed by atoms with Crippen LogP contribution in [0.2, 0.25) is 0 Å². The number of nitrogens with zero attached hydrogens (tertiary/aromatic N) is 1. The van der Waals surface area contributed by atoms with E-state index in [9.17, 15) is 9.90 Å². The number of amides is 1. The van der Waals surface area contributed by atoms with Crippen molar-refractivity contribution >= 4 is 5.91 Å². The van der Waals surface area contributed by atoms with Crippen LogP contribution in [0.15, 0.2) is 0 Å². The van der Waals surface area contributed by atoms with Gasteiger partial charge in [0.25, 0.3) is 0 Å². The van der Waals surface area contributed by atoms with Gasteiger partial charge in [0.2, 0.25) is 5.91 Å². The molecule has 1 fully saturated rings. The minimum atomic E-state index is -0.0811. The molecule has 4 heteroatoms. The first-order chi connectivity index (χ1) is 7.83. The van der Waals surface area contributed by atoms with Crippen LogP contribution in [-0.2, 0) is 4.79 Å². The maximum absolute atomic E-state index is 12.0. The molecule has 0 aromatic rings. The lowest BCUT2D eigenvalue weighted by Gasteiger charge is -2.27. The molecule has 1 saturated heterocycles. The van der Waals surface area contributed by atoms with E-state index in [0.717, 1.165) is 25.8 Å². The summed E-state index contributed by atoms with van der Waals surface area (Å²) < 4.78 is 0. The Morgan fingerprint density at radius 2 is 2.18 bits per heavy atom. The van der Waals surface area contributed by atoms with Gasteiger partial charge in [-0.15, -0.1) is 0 Å². The maximum atomic E-state index is 12.0. The van der Waals surface area contributed by atoms with Crippen molar-refractivity contribution in [2.75, 3.05) is 13.2 Å². The van der Waals surface area contributed by atoms with Gasteiger partial charge in [0.05, 0.1) is 12.6 Å². The van der Waals surface area contributed by atoms with Gasteiger partial charge in [-0.25, -0.2) is 0 Å². The van der Waals surface area contributed by atoms with Crippen LogP contribution in [0.4, 0.5) is 0 Å². The van der Waals surface area contributed by atoms with Crippen LogP contribution >= 0.6 is 0 Å². The molecule has 4 nitrogen and oxygen atoms in total. The number of hydrogen-bond acceptors (Lipinski definition) is 3. The topological polar surface area (TPSA) is 66.6 Å². The predicted molar refractivity (Wildman–Crippen MR) is 68.5 cm³/mol. The van der Waals surface area contributed by atoms with Crippen molar-refractivity contribution in [1.29, 1.82) is 0 Å². The van der Waals surface area contributed by atoms with Gasteiger partial charge in [0, 0.05) is 19.0 Å². The Hall–Kier alpha value is -0.610. The highest BCUT2D eigenvalue weighted by molar-refractivity contribution is 5.77. The van der Waals surface area contributed by atoms with Crippen LogP contribution in [0.1, 0.15) is 46.5 Å². The average molecular weight is 242 g/mol. The zero-order valence-electron chi connectivity index (χ0n) is 11.3. The summed E-state index contributed by atoms with van der Waals surface area (Å²) in [5.74, 6) is 0.0956. The number of carbonyl (C=O) groups excluding carboxylic acids is 1. The number of hydrogen-bond donors (Lipinski definition) is 2. The Balaban J connectivity index is 2.43. The molecule has 17 heavy (non-hydrogen) atoms. The molecule has 0 saturated carbocycles. The molecule has 0 aromatic heterocycles. The summed E-state index contributed by atoms with van der Waals surface area (Å²) in [7, 11) is 0. The van der Waals surface area contributed by atoms with Gasteiger partial charge in [0.1, 0.15) is 0 Å². The van der Waals surface area contributed by atoms with E-state index in [1.807, 2.05) is 0 Å². The molecule has 1 rings (SSSR count). The fourth-order valence-corrected chi connectivity index (χ4v) is 2.55. The number of aliphatic hydroxyl groups is 1. The standard InChI is InChI=1S/C13H26N2O2/c1-13(2,3)8-10(14)7-12(17)15-6-4-5-11(15)9-16/h10-11,16H,4-9,14H2,1-3H3. The van der Waals surface area contributed by atoms with Gasteiger partial charge in [-0.3, -0.25) is 4.79 Å². The Bertz CT molecular complexity index is 261. The minimum Gasteiger partial charge on any atom is -0.394 e. The summed E-state index contributed by atoms with van der Waals surface area (Å²) in [6, 6.07) is -0.0632. The maximum Gasteiger partial charge on any atom is 0.224 e. The van der Waals surface area contributed by atoms with Crippen LogP contribution in [0.25, 0.3) is 0 Å². The van der Waals surface area contributed by atoms with Crippen molar-refractivity contribution in [3.8, 4) is 0 Å². The van der Waals surface area contributed by atoms with Crippen molar-refractivity contribution in [2.45, 2.75) is 58.5 Å². The summed E-state index contributed by atoms with van der Waals surface area (Å²) in [5, 5.41) is 9.18. The van der Waals surface area contributed by atoms with Crippen molar-refractivity contribution in [3.63, 3.8) is 0 Å². The van der Waals surface area contributed by atoms with Crippen LogP contribution in [0.3, 0.4) is 0 Å². The zero-order valence-corrected chi connectivity index (χ0v) is 11.3. The fourth-order valence-electron chi connectivity index (χ4n) is 2.55. The third-order valence-electron chi connectivity index (χ3n) is 3.22. The molecule has 0 aromatic carbocycles. The molecule has 0 radical (unpaired) electrons. The molecule has 0 bridgehead atoms. The number of likely N-dealkylation sites (tertiary alicyclic amines) is 1. The normalized spacial score (nSPS) is 22.9. The lowest BCUT2D eigenvalue weighted by Crippen LogP contribution is -2.41. The molecule has 0 aliphatic carbocycles. The third-order valence-corrected chi connectivity index (χ3v) is 3.22. The lowest BCUT2D eigenvalue weighted by molar-refractivity contribution is -0.133. The van der Waals surface area contributed by atoms with Gasteiger partial charge >= 0.3 is 0 Å². The minimum absolute atomic E-state index is 0.0179. The molecule has 1 amide bonds. The van der Waals surface area contributed by atoms with Crippen molar-refractivity contribution in [2.24, 2.45) is 11.1 Å². The Kier molecular flexibility index (Phi) is 4.95. The molecule has 1 aliphatic rings. The summed E-state index contributed by atoms with van der Waals surface area (Å²) >= 11 is 0. The number of nitrogens with two attached hydrogens (primary N) is 1. The lowest BCUT2D eigenvalue weighted by atomic mass is 9.87. The second kappa shape index (κ2) is 5.83. The summed E-state index contributed by atoms with van der Waals surface area (Å²) in [6.07, 6.45) is 3.15. The molecule has 3 N–H and O–H groups in total. The van der Waals surface area contributed by atoms with Gasteiger partial charge in [-0.1, -0.05) is 20.8 Å². The Labute approximate surface area is 104 Å². The first-order valence-corrected chi connectivity index (χ1v) is 6.49. The van der Waals surface area contributed by atoms with E-state index in [-0.39, 0.29) is 30.0 Å². The van der Waals surface area contributed by atoms with Crippen LogP contribution in [0.5, 0.6) is 0 Å². The second-order valence-electron chi connectivity index (χ2n) is 6.29. The van der Waals surface area contributed by atoms with Crippen LogP contribution < -0.4 is 5.73 Å². The highest BCUT2D eigenvalue weighted by atomic mass is 16.3. The number of carbonyl (C=O) groups is 1. The fraction of sp³-hybridized carbons (Fsp3) is 0.923. The van der Waals surface area contributed by atoms with E-state index in [0.29, 0.717) is 6.42 Å². The van der Waals surface area contributed by atoms with E-state index >= 15 is 0 Å². The molecule has 1 aliphatic heterocycles. The Morgan fingerprint density at radius 3 is 2.71 bits per heavy atom. The first-order valence-electron chi connectivity index (χ1n) is 6.49. The van der Waals surface area contributed by atoms with Crippen molar-refractivity contribution in [3.05, 3.63) is 0 Å². The van der Waals surface area contributed by atoms with E-state index in [1.165, 1.54) is 0 Å². The predicted octanol–water partition coefficient (Wildman–Crippen LogP) is 1.12. The second-order valence-corrected chi connectivity index (χ2v) is 6.29. The summed E-state index contributed by atoms with van der Waals surface area (Å²) in [5.41, 5.74) is 6.16. The summed E-state index contributed by atoms with van der Waals surface area (Å²) in [4.78, 5) is 13.8. The first kappa shape index (κ1) is 14.5. The highest BCUT2D eigenvalue weighted by Crippen LogP contribution is 2.23. The molecule has 1 heterocycles. The summed E-state index contributed by atoms with van der Waals surface area (Å²) in [6.45, 7) is 7.23. The zero-order chi connectivity index (χ0) is 13.1. The van der Waals surface area contributed by atoms with E-state index < -0.39 is 0 Å². The van der Waals surface area contributed by atoms with Gasteiger partial charge in [0.15, 0.2) is 0 Å². The highest BCUT2D eigenvalue weighted by Gasteiger charge is 2.29. The van der Waals surface area contributed by atoms with Gasteiger partial charge in [-0.2, -0.15) is 0 Å². The monoisotopic (exact) mass is 242 g/mol. The molecule has 2 unspecified atom stereocenters. The van der Waals surface area contributed by atoms with Crippen molar-refractivity contribution in [1.82, 2.24) is 4.90 Å². The Morgan fingerprint density at radius 1 is 1.53 bits per heavy atom. The van der Waals surface area contributed by atoms with E-state index in [4.69, 9.17) is 5.73 Å². The molecule has 0 spiro atoms. The van der Waals surface area contributed by atoms with Crippen LogP contribution in [0, 0.1) is 5.41 Å². The number of rotatable bonds is 4. The SMILES string of the molecule is CC(C)(C)CC(N)CC(=O)N1CCCC1CO. The molecular weight excluding hydrogens is 216 g/mol. The van der Waals surface area contributed by atoms with E-state index in [1.54, 1.807) is 4.90 Å². The quantitative estimate of drug-likeness (QED) is 0.776. The van der Waals surface area contributed by atoms with Gasteiger partial charge in [-0.05, 0) is 24.7 Å². The average Bonchev–Trinajstić information content (AvgIpc) is 2.61. The van der Waals surface area contributed by atoms with E-state index in [2.05, 4.69) is 20.8 Å². The molecule has 2 atom stereocenters. The molecular formula is C13H26N2O2. The largest absolute Gasteiger partial charge is 0.394 e.